The highest BCUT2D eigenvalue weighted by Crippen LogP contribution is 2.38. The van der Waals surface area contributed by atoms with E-state index in [1.165, 1.54) is 0 Å². The molecule has 0 amide bonds. The van der Waals surface area contributed by atoms with Crippen molar-refractivity contribution in [1.82, 2.24) is 20.3 Å². The molecule has 0 saturated heterocycles. The fraction of sp³-hybridized carbons (Fsp3) is 0.333. The maximum Gasteiger partial charge on any atom is 0.258 e. The van der Waals surface area contributed by atoms with Crippen LogP contribution in [0.15, 0.2) is 33.3 Å². The molecule has 0 bridgehead atoms. The minimum atomic E-state index is -0.447. The Morgan fingerprint density at radius 1 is 1.00 bits per heavy atom. The molecule has 22 heavy (non-hydrogen) atoms. The predicted molar refractivity (Wildman–Crippen MR) is 77.5 cm³/mol. The molecule has 112 valence electrons. The molecule has 1 fully saturated rings. The lowest BCUT2D eigenvalue weighted by Crippen LogP contribution is -2.44. The molecule has 0 spiro atoms. The fourth-order valence-electron chi connectivity index (χ4n) is 2.58. The number of nitrogens with two attached hydrogens (primary N) is 1. The van der Waals surface area contributed by atoms with Gasteiger partial charge in [0.05, 0.1) is 16.7 Å². The minimum Gasteiger partial charge on any atom is -0.334 e. The Morgan fingerprint density at radius 3 is 2.18 bits per heavy atom. The number of aryl methyl sites for hydroxylation is 1. The molecule has 7 nitrogen and oxygen atoms in total. The van der Waals surface area contributed by atoms with Gasteiger partial charge in [0, 0.05) is 0 Å². The third-order valence-corrected chi connectivity index (χ3v) is 4.03. The van der Waals surface area contributed by atoms with Gasteiger partial charge in [-0.1, -0.05) is 22.4 Å². The minimum absolute atomic E-state index is 0.415. The zero-order valence-electron chi connectivity index (χ0n) is 12.1. The highest BCUT2D eigenvalue weighted by molar-refractivity contribution is 5.75. The lowest BCUT2D eigenvalue weighted by molar-refractivity contribution is 0.229. The van der Waals surface area contributed by atoms with Crippen LogP contribution in [0, 0.1) is 6.92 Å². The highest BCUT2D eigenvalue weighted by atomic mass is 16.5. The molecule has 2 aromatic heterocycles. The topological polar surface area (TPSA) is 104 Å². The van der Waals surface area contributed by atoms with Crippen molar-refractivity contribution in [3.63, 3.8) is 0 Å². The summed E-state index contributed by atoms with van der Waals surface area (Å²) in [6.45, 7) is 1.77. The van der Waals surface area contributed by atoms with Crippen molar-refractivity contribution in [3.05, 3.63) is 35.9 Å². The molecule has 1 aliphatic carbocycles. The lowest BCUT2D eigenvalue weighted by Gasteiger charge is -2.34. The summed E-state index contributed by atoms with van der Waals surface area (Å²) in [7, 11) is 0. The molecular formula is C15H15N5O2. The van der Waals surface area contributed by atoms with Gasteiger partial charge >= 0.3 is 0 Å². The molecule has 0 radical (unpaired) electrons. The van der Waals surface area contributed by atoms with Crippen molar-refractivity contribution >= 4 is 0 Å². The summed E-state index contributed by atoms with van der Waals surface area (Å²) in [4.78, 5) is 8.73. The standard InChI is InChI=1S/C15H15N5O2/c1-9-17-12(21-19-9)10-5-2-3-6-11(10)13-18-14(20-22-13)15(16)7-4-8-15/h2-3,5-6H,4,7-8,16H2,1H3. The van der Waals surface area contributed by atoms with Crippen LogP contribution in [0.25, 0.3) is 22.9 Å². The van der Waals surface area contributed by atoms with E-state index in [4.69, 9.17) is 14.8 Å². The molecule has 2 heterocycles. The number of rotatable bonds is 3. The molecular weight excluding hydrogens is 282 g/mol. The van der Waals surface area contributed by atoms with E-state index in [9.17, 15) is 0 Å². The number of hydrogen-bond donors (Lipinski definition) is 1. The molecule has 0 atom stereocenters. The number of nitrogens with zero attached hydrogens (tertiary/aromatic N) is 4. The Hall–Kier alpha value is -2.54. The van der Waals surface area contributed by atoms with E-state index < -0.39 is 5.54 Å². The molecule has 1 aliphatic rings. The quantitative estimate of drug-likeness (QED) is 0.791. The molecule has 2 N–H and O–H groups in total. The monoisotopic (exact) mass is 297 g/mol. The first-order valence-electron chi connectivity index (χ1n) is 7.19. The molecule has 1 saturated carbocycles. The fourth-order valence-corrected chi connectivity index (χ4v) is 2.58. The van der Waals surface area contributed by atoms with E-state index in [1.807, 2.05) is 24.3 Å². The van der Waals surface area contributed by atoms with Crippen LogP contribution in [-0.4, -0.2) is 20.3 Å². The molecule has 3 aromatic rings. The summed E-state index contributed by atoms with van der Waals surface area (Å²) in [6.07, 6.45) is 2.87. The smallest absolute Gasteiger partial charge is 0.258 e. The van der Waals surface area contributed by atoms with Crippen molar-refractivity contribution in [2.75, 3.05) is 0 Å². The van der Waals surface area contributed by atoms with Crippen LogP contribution in [0.1, 0.15) is 30.9 Å². The average Bonchev–Trinajstić information content (AvgIpc) is 3.14. The Kier molecular flexibility index (Phi) is 2.83. The first kappa shape index (κ1) is 13.1. The Bertz CT molecular complexity index is 819. The first-order chi connectivity index (χ1) is 10.7. The molecule has 0 unspecified atom stereocenters. The second-order valence-corrected chi connectivity index (χ2v) is 5.63. The second kappa shape index (κ2) is 4.74. The molecule has 4 rings (SSSR count). The number of benzene rings is 1. The van der Waals surface area contributed by atoms with E-state index in [-0.39, 0.29) is 0 Å². The summed E-state index contributed by atoms with van der Waals surface area (Å²) >= 11 is 0. The Balaban J connectivity index is 1.77. The zero-order valence-corrected chi connectivity index (χ0v) is 12.1. The van der Waals surface area contributed by atoms with Gasteiger partial charge in [0.15, 0.2) is 11.6 Å². The Labute approximate surface area is 126 Å². The van der Waals surface area contributed by atoms with Gasteiger partial charge in [0.2, 0.25) is 0 Å². The predicted octanol–water partition coefficient (Wildman–Crippen LogP) is 2.43. The van der Waals surface area contributed by atoms with E-state index in [1.54, 1.807) is 6.92 Å². The van der Waals surface area contributed by atoms with Crippen LogP contribution >= 0.6 is 0 Å². The molecule has 0 aliphatic heterocycles. The third kappa shape index (κ3) is 2.01. The maximum atomic E-state index is 6.24. The van der Waals surface area contributed by atoms with Crippen molar-refractivity contribution < 1.29 is 9.05 Å². The lowest BCUT2D eigenvalue weighted by atomic mass is 9.77. The first-order valence-corrected chi connectivity index (χ1v) is 7.19. The van der Waals surface area contributed by atoms with Gasteiger partial charge in [-0.3, -0.25) is 0 Å². The van der Waals surface area contributed by atoms with Gasteiger partial charge in [-0.25, -0.2) is 0 Å². The highest BCUT2D eigenvalue weighted by Gasteiger charge is 2.39. The van der Waals surface area contributed by atoms with Crippen molar-refractivity contribution in [1.29, 1.82) is 0 Å². The van der Waals surface area contributed by atoms with E-state index in [0.717, 1.165) is 30.4 Å². The summed E-state index contributed by atoms with van der Waals surface area (Å²) < 4.78 is 10.7. The SMILES string of the molecule is Cc1noc(-c2ccccc2-c2nc(C3(N)CCC3)no2)n1. The van der Waals surface area contributed by atoms with E-state index in [2.05, 4.69) is 20.3 Å². The average molecular weight is 297 g/mol. The van der Waals surface area contributed by atoms with Crippen LogP contribution in [-0.2, 0) is 5.54 Å². The molecule has 7 heteroatoms. The van der Waals surface area contributed by atoms with Gasteiger partial charge in [0.25, 0.3) is 11.8 Å². The van der Waals surface area contributed by atoms with Gasteiger partial charge < -0.3 is 14.8 Å². The van der Waals surface area contributed by atoms with Gasteiger partial charge in [-0.2, -0.15) is 9.97 Å². The van der Waals surface area contributed by atoms with Crippen LogP contribution in [0.3, 0.4) is 0 Å². The normalized spacial score (nSPS) is 16.5. The van der Waals surface area contributed by atoms with Crippen molar-refractivity contribution in [2.45, 2.75) is 31.7 Å². The Morgan fingerprint density at radius 2 is 1.64 bits per heavy atom. The summed E-state index contributed by atoms with van der Waals surface area (Å²) in [5.41, 5.74) is 7.31. The number of aromatic nitrogens is 4. The van der Waals surface area contributed by atoms with Gasteiger partial charge in [-0.15, -0.1) is 0 Å². The van der Waals surface area contributed by atoms with Crippen LogP contribution in [0.5, 0.6) is 0 Å². The van der Waals surface area contributed by atoms with Crippen LogP contribution < -0.4 is 5.73 Å². The summed E-state index contributed by atoms with van der Waals surface area (Å²) in [6, 6.07) is 7.56. The zero-order chi connectivity index (χ0) is 15.2. The largest absolute Gasteiger partial charge is 0.334 e. The van der Waals surface area contributed by atoms with Crippen molar-refractivity contribution in [3.8, 4) is 22.9 Å². The van der Waals surface area contributed by atoms with Gasteiger partial charge in [-0.05, 0) is 38.3 Å². The van der Waals surface area contributed by atoms with E-state index in [0.29, 0.717) is 23.4 Å². The van der Waals surface area contributed by atoms with E-state index >= 15 is 0 Å². The van der Waals surface area contributed by atoms with Gasteiger partial charge in [0.1, 0.15) is 0 Å². The van der Waals surface area contributed by atoms with Crippen LogP contribution in [0.4, 0.5) is 0 Å². The maximum absolute atomic E-state index is 6.24. The molecule has 1 aromatic carbocycles. The third-order valence-electron chi connectivity index (χ3n) is 4.03. The number of hydrogen-bond acceptors (Lipinski definition) is 7. The second-order valence-electron chi connectivity index (χ2n) is 5.63. The summed E-state index contributed by atoms with van der Waals surface area (Å²) in [5.74, 6) is 1.98. The van der Waals surface area contributed by atoms with Crippen molar-refractivity contribution in [2.24, 2.45) is 5.73 Å². The van der Waals surface area contributed by atoms with Crippen LogP contribution in [0.2, 0.25) is 0 Å². The summed E-state index contributed by atoms with van der Waals surface area (Å²) in [5, 5.41) is 7.87.